The number of carbonyl (C=O) groups excluding carboxylic acids is 2. The van der Waals surface area contributed by atoms with Gasteiger partial charge in [0.05, 0.1) is 5.52 Å². The molecule has 0 saturated heterocycles. The zero-order valence-electron chi connectivity index (χ0n) is 21.1. The van der Waals surface area contributed by atoms with E-state index in [0.717, 1.165) is 19.9 Å². The molecule has 1 aromatic heterocycles. The van der Waals surface area contributed by atoms with Crippen molar-refractivity contribution in [3.05, 3.63) is 136 Å². The molecule has 0 aliphatic rings. The van der Waals surface area contributed by atoms with Crippen LogP contribution in [0, 0.1) is 6.92 Å². The summed E-state index contributed by atoms with van der Waals surface area (Å²) >= 11 is 1.59. The van der Waals surface area contributed by atoms with Crippen molar-refractivity contribution in [2.24, 2.45) is 0 Å². The highest BCUT2D eigenvalue weighted by atomic mass is 32.2. The molecule has 1 heterocycles. The minimum Gasteiger partial charge on any atom is -0.308 e. The summed E-state index contributed by atoms with van der Waals surface area (Å²) in [6, 6.07) is 33.4. The molecule has 5 nitrogen and oxygen atoms in total. The molecule has 0 aliphatic carbocycles. The van der Waals surface area contributed by atoms with Crippen LogP contribution in [0.4, 0.5) is 5.69 Å². The van der Waals surface area contributed by atoms with Crippen LogP contribution in [0.1, 0.15) is 33.2 Å². The summed E-state index contributed by atoms with van der Waals surface area (Å²) < 4.78 is 1.12. The van der Waals surface area contributed by atoms with Crippen molar-refractivity contribution in [2.75, 3.05) is 11.4 Å². The normalized spacial score (nSPS) is 10.9. The summed E-state index contributed by atoms with van der Waals surface area (Å²) in [5.41, 5.74) is 1.91. The second-order valence-electron chi connectivity index (χ2n) is 8.89. The number of rotatable bonds is 6. The van der Waals surface area contributed by atoms with E-state index in [9.17, 15) is 14.4 Å². The first kappa shape index (κ1) is 25.2. The molecule has 0 radical (unpaired) electrons. The standard InChI is InChI=1S/C32H26N2O3S/c1-3-33(25-17-13-22(2)14-18-25)31(36)28-21-24-9-7-8-12-29(24)34(32(28)37)30(35)23-15-19-27(20-16-23)38-26-10-5-4-6-11-26/h4-21H,3H2,1-2H3. The topological polar surface area (TPSA) is 59.4 Å². The number of aromatic nitrogens is 1. The van der Waals surface area contributed by atoms with Gasteiger partial charge in [-0.1, -0.05) is 65.9 Å². The van der Waals surface area contributed by atoms with Crippen LogP contribution in [-0.4, -0.2) is 22.9 Å². The third-order valence-electron chi connectivity index (χ3n) is 6.33. The summed E-state index contributed by atoms with van der Waals surface area (Å²) in [4.78, 5) is 44.7. The van der Waals surface area contributed by atoms with E-state index in [1.54, 1.807) is 53.1 Å². The molecule has 0 unspecified atom stereocenters. The Morgan fingerprint density at radius 3 is 2.11 bits per heavy atom. The largest absolute Gasteiger partial charge is 0.308 e. The molecule has 6 heteroatoms. The summed E-state index contributed by atoms with van der Waals surface area (Å²) in [5, 5.41) is 0.639. The first-order valence-corrected chi connectivity index (χ1v) is 13.2. The number of hydrogen-bond acceptors (Lipinski definition) is 4. The molecule has 5 rings (SSSR count). The number of pyridine rings is 1. The van der Waals surface area contributed by atoms with Gasteiger partial charge in [0, 0.05) is 27.6 Å². The van der Waals surface area contributed by atoms with Gasteiger partial charge in [-0.05, 0) is 79.9 Å². The molecule has 0 atom stereocenters. The van der Waals surface area contributed by atoms with Gasteiger partial charge >= 0.3 is 0 Å². The fourth-order valence-electron chi connectivity index (χ4n) is 4.35. The first-order chi connectivity index (χ1) is 18.5. The van der Waals surface area contributed by atoms with Gasteiger partial charge < -0.3 is 4.90 Å². The van der Waals surface area contributed by atoms with Crippen LogP contribution in [0.15, 0.2) is 124 Å². The Kier molecular flexibility index (Phi) is 7.24. The Labute approximate surface area is 225 Å². The van der Waals surface area contributed by atoms with Gasteiger partial charge in [-0.3, -0.25) is 14.4 Å². The van der Waals surface area contributed by atoms with Gasteiger partial charge in [0.25, 0.3) is 17.4 Å². The highest BCUT2D eigenvalue weighted by Crippen LogP contribution is 2.28. The van der Waals surface area contributed by atoms with Crippen LogP contribution in [0.5, 0.6) is 0 Å². The molecule has 0 N–H and O–H groups in total. The van der Waals surface area contributed by atoms with E-state index in [1.165, 1.54) is 0 Å². The van der Waals surface area contributed by atoms with Gasteiger partial charge in [-0.2, -0.15) is 0 Å². The van der Waals surface area contributed by atoms with Gasteiger partial charge in [0.2, 0.25) is 0 Å². The molecule has 1 amide bonds. The predicted octanol–water partition coefficient (Wildman–Crippen LogP) is 6.82. The van der Waals surface area contributed by atoms with Crippen LogP contribution in [0.25, 0.3) is 10.9 Å². The number of nitrogens with zero attached hydrogens (tertiary/aromatic N) is 2. The van der Waals surface area contributed by atoms with Crippen molar-refractivity contribution in [2.45, 2.75) is 23.6 Å². The second kappa shape index (κ2) is 10.9. The summed E-state index contributed by atoms with van der Waals surface area (Å²) in [5.74, 6) is -0.918. The number of anilines is 1. The molecule has 0 spiro atoms. The predicted molar refractivity (Wildman–Crippen MR) is 153 cm³/mol. The van der Waals surface area contributed by atoms with E-state index in [-0.39, 0.29) is 5.56 Å². The SMILES string of the molecule is CCN(C(=O)c1cc2ccccc2n(C(=O)c2ccc(Sc3ccccc3)cc2)c1=O)c1ccc(C)cc1. The summed E-state index contributed by atoms with van der Waals surface area (Å²) in [6.45, 7) is 4.21. The average molecular weight is 519 g/mol. The molecule has 0 bridgehead atoms. The van der Waals surface area contributed by atoms with E-state index >= 15 is 0 Å². The number of hydrogen-bond donors (Lipinski definition) is 0. The molecule has 188 valence electrons. The Morgan fingerprint density at radius 1 is 0.789 bits per heavy atom. The van der Waals surface area contributed by atoms with Crippen molar-refractivity contribution in [1.29, 1.82) is 0 Å². The fourth-order valence-corrected chi connectivity index (χ4v) is 5.19. The van der Waals surface area contributed by atoms with Crippen molar-refractivity contribution < 1.29 is 9.59 Å². The van der Waals surface area contributed by atoms with Crippen molar-refractivity contribution in [1.82, 2.24) is 4.57 Å². The third kappa shape index (κ3) is 5.04. The lowest BCUT2D eigenvalue weighted by Crippen LogP contribution is -2.38. The van der Waals surface area contributed by atoms with Gasteiger partial charge in [-0.25, -0.2) is 4.57 Å². The minimum absolute atomic E-state index is 0.0456. The number of fused-ring (bicyclic) bond motifs is 1. The van der Waals surface area contributed by atoms with Crippen molar-refractivity contribution in [3.8, 4) is 0 Å². The maximum absolute atomic E-state index is 13.7. The van der Waals surface area contributed by atoms with E-state index in [2.05, 4.69) is 0 Å². The van der Waals surface area contributed by atoms with E-state index in [1.807, 2.05) is 86.6 Å². The van der Waals surface area contributed by atoms with Crippen LogP contribution < -0.4 is 10.5 Å². The second-order valence-corrected chi connectivity index (χ2v) is 10.0. The molecule has 5 aromatic rings. The van der Waals surface area contributed by atoms with Crippen LogP contribution >= 0.6 is 11.8 Å². The Morgan fingerprint density at radius 2 is 1.42 bits per heavy atom. The maximum atomic E-state index is 13.7. The smallest absolute Gasteiger partial charge is 0.270 e. The highest BCUT2D eigenvalue weighted by Gasteiger charge is 2.24. The molecular weight excluding hydrogens is 492 g/mol. The molecule has 0 aliphatic heterocycles. The molecule has 0 fully saturated rings. The van der Waals surface area contributed by atoms with Crippen LogP contribution in [-0.2, 0) is 0 Å². The zero-order valence-corrected chi connectivity index (χ0v) is 21.9. The molecule has 0 saturated carbocycles. The van der Waals surface area contributed by atoms with Gasteiger partial charge in [0.15, 0.2) is 0 Å². The number of carbonyl (C=O) groups is 2. The van der Waals surface area contributed by atoms with E-state index in [4.69, 9.17) is 0 Å². The Hall–Kier alpha value is -4.42. The molecular formula is C32H26N2O3S. The van der Waals surface area contributed by atoms with Crippen molar-refractivity contribution in [3.63, 3.8) is 0 Å². The number of aryl methyl sites for hydroxylation is 1. The van der Waals surface area contributed by atoms with Gasteiger partial charge in [-0.15, -0.1) is 0 Å². The first-order valence-electron chi connectivity index (χ1n) is 12.4. The van der Waals surface area contributed by atoms with E-state index < -0.39 is 17.4 Å². The van der Waals surface area contributed by atoms with Crippen LogP contribution in [0.3, 0.4) is 0 Å². The van der Waals surface area contributed by atoms with Gasteiger partial charge in [0.1, 0.15) is 5.56 Å². The molecule has 38 heavy (non-hydrogen) atoms. The van der Waals surface area contributed by atoms with Crippen LogP contribution in [0.2, 0.25) is 0 Å². The molecule has 4 aromatic carbocycles. The van der Waals surface area contributed by atoms with E-state index in [0.29, 0.717) is 28.7 Å². The number of amides is 1. The zero-order chi connectivity index (χ0) is 26.6. The fraction of sp³-hybridized carbons (Fsp3) is 0.0938. The summed E-state index contributed by atoms with van der Waals surface area (Å²) in [6.07, 6.45) is 0. The lowest BCUT2D eigenvalue weighted by atomic mass is 10.1. The Bertz CT molecular complexity index is 1680. The van der Waals surface area contributed by atoms with Crippen molar-refractivity contribution >= 4 is 40.2 Å². The minimum atomic E-state index is -0.632. The summed E-state index contributed by atoms with van der Waals surface area (Å²) in [7, 11) is 0. The number of benzene rings is 4. The monoisotopic (exact) mass is 518 g/mol. The number of para-hydroxylation sites is 1. The average Bonchev–Trinajstić information content (AvgIpc) is 2.94. The Balaban J connectivity index is 1.54. The lowest BCUT2D eigenvalue weighted by molar-refractivity contribution is 0.0959. The quantitative estimate of drug-likeness (QED) is 0.248. The highest BCUT2D eigenvalue weighted by molar-refractivity contribution is 7.99. The lowest BCUT2D eigenvalue weighted by Gasteiger charge is -2.22. The third-order valence-corrected chi connectivity index (χ3v) is 7.35. The maximum Gasteiger partial charge on any atom is 0.270 e.